The van der Waals surface area contributed by atoms with Crippen LogP contribution in [0.25, 0.3) is 0 Å². The number of nitrogens with one attached hydrogen (secondary N) is 2. The Hall–Kier alpha value is -1.66. The van der Waals surface area contributed by atoms with Gasteiger partial charge >= 0.3 is 0 Å². The first kappa shape index (κ1) is 14.7. The number of carbonyl (C=O) groups excluding carboxylic acids is 1. The Labute approximate surface area is 120 Å². The van der Waals surface area contributed by atoms with Gasteiger partial charge in [0.05, 0.1) is 0 Å². The fraction of sp³-hybridized carbons (Fsp3) is 0.571. The Morgan fingerprint density at radius 1 is 1.30 bits per heavy atom. The van der Waals surface area contributed by atoms with Crippen LogP contribution in [0.3, 0.4) is 0 Å². The van der Waals surface area contributed by atoms with Gasteiger partial charge in [0, 0.05) is 44.5 Å². The van der Waals surface area contributed by atoms with Gasteiger partial charge in [0.25, 0.3) is 5.91 Å². The summed E-state index contributed by atoms with van der Waals surface area (Å²) in [5.41, 5.74) is 4.54. The number of aromatic nitrogens is 1. The summed E-state index contributed by atoms with van der Waals surface area (Å²) in [5, 5.41) is 4.97. The second-order valence-corrected chi connectivity index (χ2v) is 5.07. The normalized spacial score (nSPS) is 16.9. The lowest BCUT2D eigenvalue weighted by molar-refractivity contribution is 0.0662. The van der Waals surface area contributed by atoms with Gasteiger partial charge in [-0.2, -0.15) is 0 Å². The van der Waals surface area contributed by atoms with Gasteiger partial charge in [0.15, 0.2) is 0 Å². The fourth-order valence-electron chi connectivity index (χ4n) is 2.15. The van der Waals surface area contributed by atoms with Gasteiger partial charge in [-0.1, -0.05) is 6.92 Å². The lowest BCUT2D eigenvalue weighted by Crippen LogP contribution is -2.52. The number of rotatable bonds is 4. The van der Waals surface area contributed by atoms with Crippen LogP contribution in [0.4, 0.5) is 5.82 Å². The highest BCUT2D eigenvalue weighted by molar-refractivity contribution is 5.94. The molecule has 20 heavy (non-hydrogen) atoms. The summed E-state index contributed by atoms with van der Waals surface area (Å²) in [6, 6.07) is 3.64. The van der Waals surface area contributed by atoms with E-state index in [0.29, 0.717) is 5.56 Å². The molecular weight excluding hydrogens is 254 g/mol. The predicted molar refractivity (Wildman–Crippen MR) is 79.7 cm³/mol. The first-order chi connectivity index (χ1) is 9.62. The van der Waals surface area contributed by atoms with Crippen LogP contribution in [-0.2, 0) is 6.42 Å². The lowest BCUT2D eigenvalue weighted by atomic mass is 10.2. The van der Waals surface area contributed by atoms with Crippen molar-refractivity contribution in [1.29, 1.82) is 0 Å². The minimum absolute atomic E-state index is 0.0665. The van der Waals surface area contributed by atoms with Crippen LogP contribution in [0.15, 0.2) is 12.1 Å². The van der Waals surface area contributed by atoms with Gasteiger partial charge < -0.3 is 10.2 Å². The van der Waals surface area contributed by atoms with Crippen LogP contribution in [0, 0.1) is 0 Å². The summed E-state index contributed by atoms with van der Waals surface area (Å²) >= 11 is 0. The largest absolute Gasteiger partial charge is 0.373 e. The number of hydrogen-bond donors (Lipinski definition) is 2. The molecule has 1 aliphatic heterocycles. The van der Waals surface area contributed by atoms with Crippen molar-refractivity contribution in [2.45, 2.75) is 13.3 Å². The number of anilines is 1. The number of likely N-dealkylation sites (N-methyl/N-ethyl adjacent to an activating group) is 1. The van der Waals surface area contributed by atoms with Crippen LogP contribution in [0.1, 0.15) is 23.0 Å². The molecule has 1 amide bonds. The molecule has 0 aromatic carbocycles. The fourth-order valence-corrected chi connectivity index (χ4v) is 2.15. The van der Waals surface area contributed by atoms with Gasteiger partial charge in [0.1, 0.15) is 5.82 Å². The Kier molecular flexibility index (Phi) is 4.92. The molecule has 6 nitrogen and oxygen atoms in total. The Bertz CT molecular complexity index is 446. The second kappa shape index (κ2) is 6.67. The van der Waals surface area contributed by atoms with E-state index < -0.39 is 0 Å². The predicted octanol–water partition coefficient (Wildman–Crippen LogP) is 0.578. The Morgan fingerprint density at radius 2 is 2.00 bits per heavy atom. The van der Waals surface area contributed by atoms with Crippen molar-refractivity contribution < 1.29 is 4.79 Å². The van der Waals surface area contributed by atoms with E-state index in [1.807, 2.05) is 25.0 Å². The number of carbonyl (C=O) groups is 1. The first-order valence-corrected chi connectivity index (χ1v) is 7.05. The third kappa shape index (κ3) is 3.68. The van der Waals surface area contributed by atoms with Crippen molar-refractivity contribution in [2.75, 3.05) is 45.6 Å². The number of aryl methyl sites for hydroxylation is 1. The molecule has 1 saturated heterocycles. The molecule has 6 heteroatoms. The van der Waals surface area contributed by atoms with Crippen molar-refractivity contribution in [2.24, 2.45) is 0 Å². The van der Waals surface area contributed by atoms with E-state index in [0.717, 1.165) is 44.1 Å². The molecule has 0 unspecified atom stereocenters. The van der Waals surface area contributed by atoms with Crippen molar-refractivity contribution >= 4 is 11.7 Å². The number of hydrazine groups is 1. The van der Waals surface area contributed by atoms with Crippen LogP contribution in [-0.4, -0.2) is 61.1 Å². The zero-order valence-corrected chi connectivity index (χ0v) is 12.4. The van der Waals surface area contributed by atoms with Crippen LogP contribution < -0.4 is 10.7 Å². The Balaban J connectivity index is 2.04. The molecular formula is C14H23N5O. The third-order valence-electron chi connectivity index (χ3n) is 3.52. The second-order valence-electron chi connectivity index (χ2n) is 5.07. The molecule has 0 aliphatic carbocycles. The zero-order valence-electron chi connectivity index (χ0n) is 12.4. The molecule has 0 spiro atoms. The third-order valence-corrected chi connectivity index (χ3v) is 3.52. The molecule has 2 N–H and O–H groups in total. The van der Waals surface area contributed by atoms with E-state index in [2.05, 4.69) is 27.7 Å². The van der Waals surface area contributed by atoms with Crippen molar-refractivity contribution in [3.8, 4) is 0 Å². The van der Waals surface area contributed by atoms with Gasteiger partial charge in [0.2, 0.25) is 0 Å². The molecule has 1 aromatic rings. The first-order valence-electron chi connectivity index (χ1n) is 7.05. The highest BCUT2D eigenvalue weighted by Crippen LogP contribution is 2.11. The van der Waals surface area contributed by atoms with Gasteiger partial charge in [-0.15, -0.1) is 0 Å². The summed E-state index contributed by atoms with van der Waals surface area (Å²) in [6.45, 7) is 5.68. The number of amides is 1. The summed E-state index contributed by atoms with van der Waals surface area (Å²) < 4.78 is 0. The van der Waals surface area contributed by atoms with Gasteiger partial charge in [-0.05, 0) is 25.6 Å². The minimum atomic E-state index is -0.0665. The molecule has 0 atom stereocenters. The minimum Gasteiger partial charge on any atom is -0.373 e. The molecule has 110 valence electrons. The van der Waals surface area contributed by atoms with Crippen molar-refractivity contribution in [3.63, 3.8) is 0 Å². The van der Waals surface area contributed by atoms with E-state index in [9.17, 15) is 4.79 Å². The number of hydrogen-bond acceptors (Lipinski definition) is 5. The molecule has 1 aromatic heterocycles. The maximum atomic E-state index is 12.3. The summed E-state index contributed by atoms with van der Waals surface area (Å²) in [4.78, 5) is 19.0. The lowest BCUT2D eigenvalue weighted by Gasteiger charge is -2.32. The van der Waals surface area contributed by atoms with Crippen molar-refractivity contribution in [3.05, 3.63) is 23.4 Å². The van der Waals surface area contributed by atoms with Crippen LogP contribution in [0.2, 0.25) is 0 Å². The van der Waals surface area contributed by atoms with E-state index in [4.69, 9.17) is 0 Å². The SMILES string of the molecule is CCc1cc(C(=O)NN2CCN(C)CC2)cc(NC)n1. The highest BCUT2D eigenvalue weighted by Gasteiger charge is 2.17. The quantitative estimate of drug-likeness (QED) is 0.843. The average Bonchev–Trinajstić information content (AvgIpc) is 2.48. The summed E-state index contributed by atoms with van der Waals surface area (Å²) in [6.07, 6.45) is 0.810. The van der Waals surface area contributed by atoms with E-state index >= 15 is 0 Å². The summed E-state index contributed by atoms with van der Waals surface area (Å²) in [7, 11) is 3.90. The molecule has 0 radical (unpaired) electrons. The summed E-state index contributed by atoms with van der Waals surface area (Å²) in [5.74, 6) is 0.663. The standard InChI is InChI=1S/C14H23N5O/c1-4-12-9-11(10-13(15-2)16-12)14(20)17-19-7-5-18(3)6-8-19/h9-10H,4-8H2,1-3H3,(H,15,16)(H,17,20). The number of piperazine rings is 1. The topological polar surface area (TPSA) is 60.5 Å². The average molecular weight is 277 g/mol. The molecule has 2 rings (SSSR count). The van der Waals surface area contributed by atoms with Gasteiger partial charge in [-0.3, -0.25) is 10.2 Å². The van der Waals surface area contributed by atoms with Gasteiger partial charge in [-0.25, -0.2) is 9.99 Å². The highest BCUT2D eigenvalue weighted by atomic mass is 16.2. The molecule has 0 saturated carbocycles. The van der Waals surface area contributed by atoms with Crippen LogP contribution >= 0.6 is 0 Å². The monoisotopic (exact) mass is 277 g/mol. The van der Waals surface area contributed by atoms with E-state index in [1.165, 1.54) is 0 Å². The maximum absolute atomic E-state index is 12.3. The van der Waals surface area contributed by atoms with E-state index in [-0.39, 0.29) is 5.91 Å². The van der Waals surface area contributed by atoms with Crippen LogP contribution in [0.5, 0.6) is 0 Å². The number of nitrogens with zero attached hydrogens (tertiary/aromatic N) is 3. The smallest absolute Gasteiger partial charge is 0.265 e. The molecule has 1 fully saturated rings. The van der Waals surface area contributed by atoms with Crippen molar-refractivity contribution in [1.82, 2.24) is 20.3 Å². The zero-order chi connectivity index (χ0) is 14.5. The molecule has 0 bridgehead atoms. The van der Waals surface area contributed by atoms with E-state index in [1.54, 1.807) is 6.07 Å². The maximum Gasteiger partial charge on any atom is 0.265 e. The Morgan fingerprint density at radius 3 is 2.60 bits per heavy atom. The number of pyridine rings is 1. The molecule has 2 heterocycles. The molecule has 1 aliphatic rings.